The van der Waals surface area contributed by atoms with Gasteiger partial charge in [0.1, 0.15) is 0 Å². The molecular weight excluding hydrogens is 418 g/mol. The van der Waals surface area contributed by atoms with Crippen molar-refractivity contribution in [1.82, 2.24) is 20.1 Å². The highest BCUT2D eigenvalue weighted by Gasteiger charge is 2.20. The zero-order valence-electron chi connectivity index (χ0n) is 19.0. The third-order valence-corrected chi connectivity index (χ3v) is 6.97. The van der Waals surface area contributed by atoms with E-state index in [-0.39, 0.29) is 5.91 Å². The molecule has 32 heavy (non-hydrogen) atoms. The van der Waals surface area contributed by atoms with Crippen molar-refractivity contribution in [2.24, 2.45) is 0 Å². The first-order valence-electron chi connectivity index (χ1n) is 11.2. The van der Waals surface area contributed by atoms with E-state index in [9.17, 15) is 4.79 Å². The van der Waals surface area contributed by atoms with Crippen LogP contribution in [0.3, 0.4) is 0 Å². The lowest BCUT2D eigenvalue weighted by Crippen LogP contribution is -2.33. The number of thioether (sulfide) groups is 1. The van der Waals surface area contributed by atoms with E-state index in [1.165, 1.54) is 41.3 Å². The van der Waals surface area contributed by atoms with Gasteiger partial charge in [0, 0.05) is 11.7 Å². The Balaban J connectivity index is 1.55. The fourth-order valence-corrected chi connectivity index (χ4v) is 4.91. The Bertz CT molecular complexity index is 1090. The van der Waals surface area contributed by atoms with E-state index in [2.05, 4.69) is 82.6 Å². The third kappa shape index (κ3) is 5.33. The van der Waals surface area contributed by atoms with Gasteiger partial charge >= 0.3 is 0 Å². The zero-order chi connectivity index (χ0) is 22.5. The lowest BCUT2D eigenvalue weighted by Gasteiger charge is -2.15. The van der Waals surface area contributed by atoms with Gasteiger partial charge < -0.3 is 10.6 Å². The summed E-state index contributed by atoms with van der Waals surface area (Å²) in [6, 6.07) is 14.9. The topological polar surface area (TPSA) is 71.8 Å². The maximum atomic E-state index is 12.5. The van der Waals surface area contributed by atoms with Gasteiger partial charge in [-0.1, -0.05) is 48.9 Å². The summed E-state index contributed by atoms with van der Waals surface area (Å²) in [7, 11) is 0. The molecule has 0 spiro atoms. The fraction of sp³-hybridized carbons (Fsp3) is 0.400. The van der Waals surface area contributed by atoms with Crippen molar-refractivity contribution in [3.8, 4) is 5.69 Å². The maximum absolute atomic E-state index is 12.5. The first kappa shape index (κ1) is 22.4. The molecule has 0 saturated heterocycles. The summed E-state index contributed by atoms with van der Waals surface area (Å²) in [6.07, 6.45) is 4.58. The smallest absolute Gasteiger partial charge is 0.230 e. The highest BCUT2D eigenvalue weighted by molar-refractivity contribution is 7.99. The van der Waals surface area contributed by atoms with Crippen LogP contribution in [0.25, 0.3) is 5.69 Å². The van der Waals surface area contributed by atoms with Crippen LogP contribution in [0.2, 0.25) is 0 Å². The minimum Gasteiger partial charge on any atom is -0.378 e. The summed E-state index contributed by atoms with van der Waals surface area (Å²) in [6.45, 7) is 6.84. The molecular formula is C25H31N5OS. The molecule has 1 aromatic heterocycles. The van der Waals surface area contributed by atoms with Gasteiger partial charge in [-0.05, 0) is 68.5 Å². The van der Waals surface area contributed by atoms with Gasteiger partial charge in [0.05, 0.1) is 18.0 Å². The Labute approximate surface area is 194 Å². The number of hydrogen-bond acceptors (Lipinski definition) is 5. The Hall–Kier alpha value is -2.80. The van der Waals surface area contributed by atoms with Crippen molar-refractivity contribution in [2.75, 3.05) is 11.1 Å². The Morgan fingerprint density at radius 1 is 1.09 bits per heavy atom. The Morgan fingerprint density at radius 2 is 1.88 bits per heavy atom. The molecule has 1 saturated carbocycles. The number of amides is 1. The van der Waals surface area contributed by atoms with E-state index in [0.29, 0.717) is 18.3 Å². The largest absolute Gasteiger partial charge is 0.378 e. The van der Waals surface area contributed by atoms with Crippen LogP contribution in [0.4, 0.5) is 5.69 Å². The van der Waals surface area contributed by atoms with Crippen molar-refractivity contribution in [3.63, 3.8) is 0 Å². The molecule has 4 rings (SSSR count). The van der Waals surface area contributed by atoms with E-state index < -0.39 is 0 Å². The predicted molar refractivity (Wildman–Crippen MR) is 130 cm³/mol. The number of nitrogens with zero attached hydrogens (tertiary/aromatic N) is 3. The number of rotatable bonds is 8. The summed E-state index contributed by atoms with van der Waals surface area (Å²) in [5, 5.41) is 16.3. The molecule has 168 valence electrons. The van der Waals surface area contributed by atoms with Crippen LogP contribution in [-0.4, -0.2) is 32.5 Å². The van der Waals surface area contributed by atoms with E-state index in [0.717, 1.165) is 35.2 Å². The van der Waals surface area contributed by atoms with Crippen LogP contribution < -0.4 is 10.6 Å². The van der Waals surface area contributed by atoms with Crippen molar-refractivity contribution in [3.05, 3.63) is 65.0 Å². The minimum absolute atomic E-state index is 0.0665. The van der Waals surface area contributed by atoms with Crippen LogP contribution >= 0.6 is 11.8 Å². The second-order valence-electron chi connectivity index (χ2n) is 8.51. The van der Waals surface area contributed by atoms with Crippen molar-refractivity contribution in [2.45, 2.75) is 64.2 Å². The second kappa shape index (κ2) is 10.2. The number of aromatic nitrogens is 3. The summed E-state index contributed by atoms with van der Waals surface area (Å²) in [5.41, 5.74) is 5.70. The van der Waals surface area contributed by atoms with Gasteiger partial charge in [-0.2, -0.15) is 0 Å². The number of hydrogen-bond donors (Lipinski definition) is 2. The highest BCUT2D eigenvalue weighted by Crippen LogP contribution is 2.26. The summed E-state index contributed by atoms with van der Waals surface area (Å²) in [4.78, 5) is 12.5. The average molecular weight is 450 g/mol. The summed E-state index contributed by atoms with van der Waals surface area (Å²) in [5.74, 6) is 1.22. The molecule has 3 aromatic rings. The third-order valence-electron chi connectivity index (χ3n) is 6.04. The van der Waals surface area contributed by atoms with Crippen LogP contribution in [0.1, 0.15) is 48.2 Å². The highest BCUT2D eigenvalue weighted by atomic mass is 32.2. The molecule has 0 aliphatic heterocycles. The van der Waals surface area contributed by atoms with Gasteiger partial charge in [0.2, 0.25) is 5.91 Å². The Kier molecular flexibility index (Phi) is 7.15. The SMILES string of the molecule is Cc1cccc(NCc2nnc(SCC(=O)NC3CCCC3)n2-c2cccc(C)c2C)c1. The van der Waals surface area contributed by atoms with Crippen molar-refractivity contribution >= 4 is 23.4 Å². The van der Waals surface area contributed by atoms with Gasteiger partial charge in [0.25, 0.3) is 0 Å². The number of carbonyl (C=O) groups excluding carboxylic acids is 1. The van der Waals surface area contributed by atoms with Gasteiger partial charge in [-0.3, -0.25) is 9.36 Å². The van der Waals surface area contributed by atoms with Crippen LogP contribution in [-0.2, 0) is 11.3 Å². The monoisotopic (exact) mass is 449 g/mol. The van der Waals surface area contributed by atoms with Gasteiger partial charge in [-0.15, -0.1) is 10.2 Å². The molecule has 6 nitrogen and oxygen atoms in total. The molecule has 1 fully saturated rings. The minimum atomic E-state index is 0.0665. The first-order chi connectivity index (χ1) is 15.5. The number of aryl methyl sites for hydroxylation is 2. The van der Waals surface area contributed by atoms with Gasteiger partial charge in [0.15, 0.2) is 11.0 Å². The molecule has 0 unspecified atom stereocenters. The number of benzene rings is 2. The molecule has 0 bridgehead atoms. The van der Waals surface area contributed by atoms with Crippen molar-refractivity contribution < 1.29 is 4.79 Å². The number of nitrogens with one attached hydrogen (secondary N) is 2. The summed E-state index contributed by atoms with van der Waals surface area (Å²) < 4.78 is 2.08. The molecule has 0 atom stereocenters. The fourth-order valence-electron chi connectivity index (χ4n) is 4.13. The first-order valence-corrected chi connectivity index (χ1v) is 12.2. The second-order valence-corrected chi connectivity index (χ2v) is 9.46. The molecule has 2 N–H and O–H groups in total. The summed E-state index contributed by atoms with van der Waals surface area (Å²) >= 11 is 1.44. The zero-order valence-corrected chi connectivity index (χ0v) is 19.8. The Morgan fingerprint density at radius 3 is 2.66 bits per heavy atom. The standard InChI is InChI=1S/C25H31N5OS/c1-17-8-6-12-21(14-17)26-15-23-28-29-25(30(23)22-13-7-9-18(2)19(22)3)32-16-24(31)27-20-10-4-5-11-20/h6-9,12-14,20,26H,4-5,10-11,15-16H2,1-3H3,(H,27,31). The normalized spacial score (nSPS) is 14.0. The van der Waals surface area contributed by atoms with E-state index >= 15 is 0 Å². The molecule has 1 aliphatic rings. The molecule has 1 heterocycles. The molecule has 1 amide bonds. The van der Waals surface area contributed by atoms with Crippen molar-refractivity contribution in [1.29, 1.82) is 0 Å². The molecule has 0 radical (unpaired) electrons. The predicted octanol–water partition coefficient (Wildman–Crippen LogP) is 4.96. The van der Waals surface area contributed by atoms with E-state index in [1.54, 1.807) is 0 Å². The number of carbonyl (C=O) groups is 1. The van der Waals surface area contributed by atoms with Crippen LogP contribution in [0.15, 0.2) is 47.6 Å². The maximum Gasteiger partial charge on any atom is 0.230 e. The van der Waals surface area contributed by atoms with E-state index in [4.69, 9.17) is 0 Å². The van der Waals surface area contributed by atoms with Crippen LogP contribution in [0.5, 0.6) is 0 Å². The molecule has 7 heteroatoms. The van der Waals surface area contributed by atoms with Gasteiger partial charge in [-0.25, -0.2) is 0 Å². The quantitative estimate of drug-likeness (QED) is 0.476. The van der Waals surface area contributed by atoms with E-state index in [1.807, 2.05) is 6.07 Å². The van der Waals surface area contributed by atoms with Crippen LogP contribution in [0, 0.1) is 20.8 Å². The number of anilines is 1. The molecule has 1 aliphatic carbocycles. The lowest BCUT2D eigenvalue weighted by molar-refractivity contribution is -0.119. The molecule has 2 aromatic carbocycles. The lowest BCUT2D eigenvalue weighted by atomic mass is 10.1. The average Bonchev–Trinajstić information content (AvgIpc) is 3.42.